The number of benzene rings is 2. The van der Waals surface area contributed by atoms with E-state index in [1.165, 1.54) is 11.1 Å². The SMILES string of the molecule is CCc1cccc(CC)c1N1Cc2ccccc2NC1=O. The number of carbonyl (C=O) groups is 1. The maximum atomic E-state index is 12.5. The third-order valence-electron chi connectivity index (χ3n) is 4.07. The highest BCUT2D eigenvalue weighted by Crippen LogP contribution is 2.32. The van der Waals surface area contributed by atoms with Gasteiger partial charge in [-0.1, -0.05) is 50.2 Å². The molecule has 3 nitrogen and oxygen atoms in total. The molecule has 0 atom stereocenters. The molecule has 0 fully saturated rings. The molecule has 0 saturated heterocycles. The highest BCUT2D eigenvalue weighted by atomic mass is 16.2. The van der Waals surface area contributed by atoms with E-state index in [9.17, 15) is 4.79 Å². The molecular weight excluding hydrogens is 260 g/mol. The Morgan fingerprint density at radius 1 is 1.00 bits per heavy atom. The van der Waals surface area contributed by atoms with Crippen molar-refractivity contribution in [3.8, 4) is 0 Å². The first-order chi connectivity index (χ1) is 10.2. The Morgan fingerprint density at radius 2 is 1.67 bits per heavy atom. The number of para-hydroxylation sites is 2. The first-order valence-electron chi connectivity index (χ1n) is 7.51. The second-order valence-electron chi connectivity index (χ2n) is 5.31. The fourth-order valence-corrected chi connectivity index (χ4v) is 2.95. The summed E-state index contributed by atoms with van der Waals surface area (Å²) in [5.41, 5.74) is 5.61. The largest absolute Gasteiger partial charge is 0.326 e. The van der Waals surface area contributed by atoms with Crippen molar-refractivity contribution in [1.82, 2.24) is 0 Å². The van der Waals surface area contributed by atoms with E-state index >= 15 is 0 Å². The average molecular weight is 280 g/mol. The molecule has 1 aliphatic heterocycles. The van der Waals surface area contributed by atoms with Crippen molar-refractivity contribution in [1.29, 1.82) is 0 Å². The molecule has 0 aliphatic carbocycles. The van der Waals surface area contributed by atoms with Crippen LogP contribution in [0.2, 0.25) is 0 Å². The van der Waals surface area contributed by atoms with E-state index < -0.39 is 0 Å². The third kappa shape index (κ3) is 2.40. The molecule has 0 radical (unpaired) electrons. The first kappa shape index (κ1) is 13.7. The summed E-state index contributed by atoms with van der Waals surface area (Å²) in [6, 6.07) is 14.3. The van der Waals surface area contributed by atoms with Crippen LogP contribution in [-0.2, 0) is 19.4 Å². The van der Waals surface area contributed by atoms with Gasteiger partial charge in [-0.2, -0.15) is 0 Å². The van der Waals surface area contributed by atoms with E-state index in [-0.39, 0.29) is 6.03 Å². The Kier molecular flexibility index (Phi) is 3.65. The molecule has 1 aliphatic rings. The van der Waals surface area contributed by atoms with Crippen LogP contribution in [0.3, 0.4) is 0 Å². The summed E-state index contributed by atoms with van der Waals surface area (Å²) in [5.74, 6) is 0. The molecule has 0 unspecified atom stereocenters. The summed E-state index contributed by atoms with van der Waals surface area (Å²) in [4.78, 5) is 14.4. The second-order valence-corrected chi connectivity index (χ2v) is 5.31. The lowest BCUT2D eigenvalue weighted by Gasteiger charge is -2.32. The number of anilines is 2. The summed E-state index contributed by atoms with van der Waals surface area (Å²) >= 11 is 0. The molecule has 0 bridgehead atoms. The molecule has 2 amide bonds. The van der Waals surface area contributed by atoms with Gasteiger partial charge >= 0.3 is 6.03 Å². The summed E-state index contributed by atoms with van der Waals surface area (Å²) < 4.78 is 0. The van der Waals surface area contributed by atoms with Crippen molar-refractivity contribution in [3.05, 3.63) is 59.2 Å². The molecule has 3 rings (SSSR count). The molecule has 0 aromatic heterocycles. The minimum absolute atomic E-state index is 0.0377. The van der Waals surface area contributed by atoms with Gasteiger partial charge in [0.2, 0.25) is 0 Å². The number of aryl methyl sites for hydroxylation is 2. The summed E-state index contributed by atoms with van der Waals surface area (Å²) in [7, 11) is 0. The Labute approximate surface area is 125 Å². The Balaban J connectivity index is 2.07. The van der Waals surface area contributed by atoms with Crippen LogP contribution >= 0.6 is 0 Å². The van der Waals surface area contributed by atoms with Crippen LogP contribution < -0.4 is 10.2 Å². The number of carbonyl (C=O) groups excluding carboxylic acids is 1. The lowest BCUT2D eigenvalue weighted by atomic mass is 10.0. The lowest BCUT2D eigenvalue weighted by Crippen LogP contribution is -2.39. The molecule has 2 aromatic rings. The van der Waals surface area contributed by atoms with Crippen molar-refractivity contribution >= 4 is 17.4 Å². The monoisotopic (exact) mass is 280 g/mol. The zero-order valence-electron chi connectivity index (χ0n) is 12.5. The standard InChI is InChI=1S/C18H20N2O/c1-3-13-9-7-10-14(4-2)17(13)20-12-15-8-5-6-11-16(15)19-18(20)21/h5-11H,3-4,12H2,1-2H3,(H,19,21). The van der Waals surface area contributed by atoms with Gasteiger partial charge in [0.15, 0.2) is 0 Å². The van der Waals surface area contributed by atoms with Gasteiger partial charge in [-0.25, -0.2) is 4.79 Å². The van der Waals surface area contributed by atoms with Crippen LogP contribution in [0.15, 0.2) is 42.5 Å². The Hall–Kier alpha value is -2.29. The van der Waals surface area contributed by atoms with Crippen molar-refractivity contribution in [2.24, 2.45) is 0 Å². The van der Waals surface area contributed by atoms with Crippen molar-refractivity contribution in [3.63, 3.8) is 0 Å². The first-order valence-corrected chi connectivity index (χ1v) is 7.51. The molecule has 0 saturated carbocycles. The van der Waals surface area contributed by atoms with Crippen LogP contribution in [-0.4, -0.2) is 6.03 Å². The van der Waals surface area contributed by atoms with E-state index in [4.69, 9.17) is 0 Å². The minimum atomic E-state index is -0.0377. The number of urea groups is 1. The van der Waals surface area contributed by atoms with Gasteiger partial charge < -0.3 is 5.32 Å². The van der Waals surface area contributed by atoms with Gasteiger partial charge in [-0.15, -0.1) is 0 Å². The minimum Gasteiger partial charge on any atom is -0.307 e. The summed E-state index contributed by atoms with van der Waals surface area (Å²) in [6.07, 6.45) is 1.85. The van der Waals surface area contributed by atoms with Gasteiger partial charge in [0, 0.05) is 5.69 Å². The van der Waals surface area contributed by atoms with Crippen LogP contribution in [0.25, 0.3) is 0 Å². The van der Waals surface area contributed by atoms with E-state index in [1.807, 2.05) is 23.1 Å². The van der Waals surface area contributed by atoms with E-state index in [0.29, 0.717) is 6.54 Å². The number of nitrogens with zero attached hydrogens (tertiary/aromatic N) is 1. The topological polar surface area (TPSA) is 32.3 Å². The molecule has 108 valence electrons. The summed E-state index contributed by atoms with van der Waals surface area (Å²) in [6.45, 7) is 4.90. The van der Waals surface area contributed by atoms with Crippen molar-refractivity contribution < 1.29 is 4.79 Å². The number of hydrogen-bond donors (Lipinski definition) is 1. The normalized spacial score (nSPS) is 13.8. The van der Waals surface area contributed by atoms with Gasteiger partial charge in [0.25, 0.3) is 0 Å². The van der Waals surface area contributed by atoms with Crippen LogP contribution in [0.5, 0.6) is 0 Å². The van der Waals surface area contributed by atoms with Crippen LogP contribution in [0.1, 0.15) is 30.5 Å². The summed E-state index contributed by atoms with van der Waals surface area (Å²) in [5, 5.41) is 3.00. The number of nitrogens with one attached hydrogen (secondary N) is 1. The molecular formula is C18H20N2O. The van der Waals surface area contributed by atoms with Gasteiger partial charge in [0.05, 0.1) is 12.2 Å². The third-order valence-corrected chi connectivity index (χ3v) is 4.07. The molecule has 1 heterocycles. The fraction of sp³-hybridized carbons (Fsp3) is 0.278. The van der Waals surface area contributed by atoms with Crippen molar-refractivity contribution in [2.75, 3.05) is 10.2 Å². The number of amides is 2. The smallest absolute Gasteiger partial charge is 0.307 e. The maximum Gasteiger partial charge on any atom is 0.326 e. The van der Waals surface area contributed by atoms with Crippen LogP contribution in [0.4, 0.5) is 16.2 Å². The average Bonchev–Trinajstić information content (AvgIpc) is 2.53. The van der Waals surface area contributed by atoms with E-state index in [2.05, 4.69) is 43.4 Å². The Bertz CT molecular complexity index is 656. The molecule has 2 aromatic carbocycles. The second kappa shape index (κ2) is 5.60. The van der Waals surface area contributed by atoms with Gasteiger partial charge in [0.1, 0.15) is 0 Å². The van der Waals surface area contributed by atoms with E-state index in [1.54, 1.807) is 0 Å². The zero-order chi connectivity index (χ0) is 14.8. The highest BCUT2D eigenvalue weighted by Gasteiger charge is 2.26. The molecule has 3 heteroatoms. The molecule has 21 heavy (non-hydrogen) atoms. The predicted molar refractivity (Wildman–Crippen MR) is 86.8 cm³/mol. The molecule has 0 spiro atoms. The fourth-order valence-electron chi connectivity index (χ4n) is 2.95. The number of rotatable bonds is 3. The Morgan fingerprint density at radius 3 is 2.33 bits per heavy atom. The van der Waals surface area contributed by atoms with Gasteiger partial charge in [-0.3, -0.25) is 4.90 Å². The number of fused-ring (bicyclic) bond motifs is 1. The maximum absolute atomic E-state index is 12.5. The number of hydrogen-bond acceptors (Lipinski definition) is 1. The molecule has 1 N–H and O–H groups in total. The van der Waals surface area contributed by atoms with Crippen molar-refractivity contribution in [2.45, 2.75) is 33.2 Å². The quantitative estimate of drug-likeness (QED) is 0.890. The lowest BCUT2D eigenvalue weighted by molar-refractivity contribution is 0.256. The zero-order valence-corrected chi connectivity index (χ0v) is 12.5. The van der Waals surface area contributed by atoms with E-state index in [0.717, 1.165) is 29.8 Å². The predicted octanol–water partition coefficient (Wildman–Crippen LogP) is 4.36. The van der Waals surface area contributed by atoms with Gasteiger partial charge in [-0.05, 0) is 35.6 Å². The highest BCUT2D eigenvalue weighted by molar-refractivity contribution is 6.05. The van der Waals surface area contributed by atoms with Crippen LogP contribution in [0, 0.1) is 0 Å².